The van der Waals surface area contributed by atoms with Gasteiger partial charge in [0.1, 0.15) is 12.9 Å². The molecule has 0 bridgehead atoms. The van der Waals surface area contributed by atoms with Gasteiger partial charge in [-0.3, -0.25) is 9.36 Å². The monoisotopic (exact) mass is 286 g/mol. The second kappa shape index (κ2) is 4.87. The first-order valence-corrected chi connectivity index (χ1v) is 6.93. The van der Waals surface area contributed by atoms with Gasteiger partial charge in [-0.05, 0) is 5.56 Å². The van der Waals surface area contributed by atoms with Gasteiger partial charge in [0.05, 0.1) is 6.04 Å². The Kier molecular flexibility index (Phi) is 3.16. The third kappa shape index (κ3) is 2.37. The van der Waals surface area contributed by atoms with Crippen LogP contribution in [0.15, 0.2) is 41.5 Å². The van der Waals surface area contributed by atoms with E-state index in [1.165, 1.54) is 10.9 Å². The molecule has 1 aliphatic heterocycles. The average Bonchev–Trinajstić information content (AvgIpc) is 2.83. The number of aromatic amines is 1. The van der Waals surface area contributed by atoms with Crippen LogP contribution in [0.5, 0.6) is 0 Å². The van der Waals surface area contributed by atoms with E-state index in [9.17, 15) is 9.59 Å². The first-order valence-electron chi connectivity index (χ1n) is 6.93. The SMILES string of the molecule is CC1(C)CN(C(=O)Cn2cn[nH]c2=O)C1c1ccccc1. The van der Waals surface area contributed by atoms with Crippen LogP contribution in [0.1, 0.15) is 25.5 Å². The number of likely N-dealkylation sites (tertiary alicyclic amines) is 1. The molecule has 1 aromatic carbocycles. The van der Waals surface area contributed by atoms with Crippen molar-refractivity contribution >= 4 is 5.91 Å². The largest absolute Gasteiger partial charge is 0.343 e. The second-order valence-corrected chi connectivity index (χ2v) is 6.11. The Balaban J connectivity index is 1.81. The molecule has 1 aliphatic rings. The zero-order valence-electron chi connectivity index (χ0n) is 12.1. The summed E-state index contributed by atoms with van der Waals surface area (Å²) in [5.74, 6) is -0.0633. The average molecular weight is 286 g/mol. The lowest BCUT2D eigenvalue weighted by atomic mass is 9.71. The van der Waals surface area contributed by atoms with Crippen molar-refractivity contribution < 1.29 is 4.79 Å². The minimum absolute atomic E-state index is 0.0226. The third-order valence-electron chi connectivity index (χ3n) is 3.99. The molecule has 1 unspecified atom stereocenters. The fourth-order valence-corrected chi connectivity index (χ4v) is 3.04. The van der Waals surface area contributed by atoms with Gasteiger partial charge in [0.15, 0.2) is 0 Å². The van der Waals surface area contributed by atoms with Crippen LogP contribution < -0.4 is 5.69 Å². The first-order chi connectivity index (χ1) is 9.99. The van der Waals surface area contributed by atoms with E-state index in [-0.39, 0.29) is 29.6 Å². The van der Waals surface area contributed by atoms with Gasteiger partial charge in [-0.1, -0.05) is 44.2 Å². The fraction of sp³-hybridized carbons (Fsp3) is 0.400. The predicted molar refractivity (Wildman–Crippen MR) is 77.5 cm³/mol. The molecule has 2 aromatic rings. The Bertz CT molecular complexity index is 702. The number of benzene rings is 1. The number of H-pyrrole nitrogens is 1. The maximum Gasteiger partial charge on any atom is 0.343 e. The smallest absolute Gasteiger partial charge is 0.333 e. The molecule has 2 heterocycles. The van der Waals surface area contributed by atoms with Gasteiger partial charge in [0.2, 0.25) is 5.91 Å². The quantitative estimate of drug-likeness (QED) is 0.921. The summed E-state index contributed by atoms with van der Waals surface area (Å²) in [4.78, 5) is 25.7. The first kappa shape index (κ1) is 13.6. The summed E-state index contributed by atoms with van der Waals surface area (Å²) in [7, 11) is 0. The molecule has 3 rings (SSSR count). The minimum Gasteiger partial charge on any atom is -0.333 e. The van der Waals surface area contributed by atoms with Crippen molar-refractivity contribution in [1.82, 2.24) is 19.7 Å². The lowest BCUT2D eigenvalue weighted by Gasteiger charge is -2.54. The molecule has 0 aliphatic carbocycles. The van der Waals surface area contributed by atoms with Crippen LogP contribution in [0.4, 0.5) is 0 Å². The van der Waals surface area contributed by atoms with Gasteiger partial charge in [-0.15, -0.1) is 0 Å². The maximum absolute atomic E-state index is 12.4. The van der Waals surface area contributed by atoms with Crippen LogP contribution in [0.3, 0.4) is 0 Å². The fourth-order valence-electron chi connectivity index (χ4n) is 3.04. The van der Waals surface area contributed by atoms with Gasteiger partial charge >= 0.3 is 5.69 Å². The number of hydrogen-bond donors (Lipinski definition) is 1. The summed E-state index contributed by atoms with van der Waals surface area (Å²) >= 11 is 0. The number of aromatic nitrogens is 3. The summed E-state index contributed by atoms with van der Waals surface area (Å²) in [6.45, 7) is 5.02. The maximum atomic E-state index is 12.4. The molecule has 6 heteroatoms. The van der Waals surface area contributed by atoms with Crippen molar-refractivity contribution in [2.75, 3.05) is 6.54 Å². The number of amides is 1. The highest BCUT2D eigenvalue weighted by Gasteiger charge is 2.48. The lowest BCUT2D eigenvalue weighted by molar-refractivity contribution is -0.152. The van der Waals surface area contributed by atoms with Gasteiger partial charge < -0.3 is 4.90 Å². The van der Waals surface area contributed by atoms with E-state index in [4.69, 9.17) is 0 Å². The molecule has 1 atom stereocenters. The van der Waals surface area contributed by atoms with Crippen LogP contribution in [0.2, 0.25) is 0 Å². The molecule has 1 N–H and O–H groups in total. The van der Waals surface area contributed by atoms with Crippen molar-refractivity contribution in [1.29, 1.82) is 0 Å². The second-order valence-electron chi connectivity index (χ2n) is 6.11. The molecule has 21 heavy (non-hydrogen) atoms. The molecule has 0 spiro atoms. The number of nitrogens with zero attached hydrogens (tertiary/aromatic N) is 3. The Morgan fingerprint density at radius 2 is 2.10 bits per heavy atom. The van der Waals surface area contributed by atoms with E-state index in [1.807, 2.05) is 35.2 Å². The van der Waals surface area contributed by atoms with Crippen LogP contribution >= 0.6 is 0 Å². The van der Waals surface area contributed by atoms with Gasteiger partial charge in [0.25, 0.3) is 0 Å². The van der Waals surface area contributed by atoms with E-state index in [2.05, 4.69) is 24.0 Å². The summed E-state index contributed by atoms with van der Waals surface area (Å²) < 4.78 is 1.29. The molecule has 6 nitrogen and oxygen atoms in total. The molecule has 1 aromatic heterocycles. The molecular weight excluding hydrogens is 268 g/mol. The summed E-state index contributed by atoms with van der Waals surface area (Å²) in [6, 6.07) is 10.0. The van der Waals surface area contributed by atoms with Crippen LogP contribution in [-0.4, -0.2) is 32.1 Å². The molecule has 1 saturated heterocycles. The highest BCUT2D eigenvalue weighted by molar-refractivity contribution is 5.78. The van der Waals surface area contributed by atoms with Crippen LogP contribution in [0, 0.1) is 5.41 Å². The summed E-state index contributed by atoms with van der Waals surface area (Å²) in [5.41, 5.74) is 0.805. The van der Waals surface area contributed by atoms with Crippen molar-refractivity contribution in [2.24, 2.45) is 5.41 Å². The van der Waals surface area contributed by atoms with Crippen molar-refractivity contribution in [2.45, 2.75) is 26.4 Å². The minimum atomic E-state index is -0.362. The molecule has 1 amide bonds. The van der Waals surface area contributed by atoms with Gasteiger partial charge in [0, 0.05) is 12.0 Å². The predicted octanol–water partition coefficient (Wildman–Crippen LogP) is 1.18. The normalized spacial score (nSPS) is 20.1. The third-order valence-corrected chi connectivity index (χ3v) is 3.99. The lowest BCUT2D eigenvalue weighted by Crippen LogP contribution is -2.58. The van der Waals surface area contributed by atoms with Crippen molar-refractivity contribution in [3.8, 4) is 0 Å². The highest BCUT2D eigenvalue weighted by Crippen LogP contribution is 2.48. The Morgan fingerprint density at radius 1 is 1.38 bits per heavy atom. The van der Waals surface area contributed by atoms with Crippen molar-refractivity contribution in [3.05, 3.63) is 52.7 Å². The Labute approximate surface area is 122 Å². The topological polar surface area (TPSA) is 71.0 Å². The van der Waals surface area contributed by atoms with E-state index in [1.54, 1.807) is 0 Å². The Morgan fingerprint density at radius 3 is 2.67 bits per heavy atom. The number of nitrogens with one attached hydrogen (secondary N) is 1. The summed E-state index contributed by atoms with van der Waals surface area (Å²) in [5, 5.41) is 5.93. The Hall–Kier alpha value is -2.37. The van der Waals surface area contributed by atoms with Gasteiger partial charge in [-0.2, -0.15) is 5.10 Å². The van der Waals surface area contributed by atoms with E-state index < -0.39 is 0 Å². The molecular formula is C15H18N4O2. The molecule has 1 fully saturated rings. The zero-order valence-corrected chi connectivity index (χ0v) is 12.1. The van der Waals surface area contributed by atoms with E-state index in [0.717, 1.165) is 5.56 Å². The van der Waals surface area contributed by atoms with Crippen LogP contribution in [-0.2, 0) is 11.3 Å². The van der Waals surface area contributed by atoms with Crippen LogP contribution in [0.25, 0.3) is 0 Å². The number of hydrogen-bond acceptors (Lipinski definition) is 3. The molecule has 110 valence electrons. The molecule has 0 radical (unpaired) electrons. The van der Waals surface area contributed by atoms with E-state index >= 15 is 0 Å². The standard InChI is InChI=1S/C15H18N4O2/c1-15(2)9-19(13(15)11-6-4-3-5-7-11)12(20)8-18-10-16-17-14(18)21/h3-7,10,13H,8-9H2,1-2H3,(H,17,21). The molecule has 0 saturated carbocycles. The number of carbonyl (C=O) groups is 1. The number of rotatable bonds is 3. The van der Waals surface area contributed by atoms with Crippen molar-refractivity contribution in [3.63, 3.8) is 0 Å². The summed E-state index contributed by atoms with van der Waals surface area (Å²) in [6.07, 6.45) is 1.35. The van der Waals surface area contributed by atoms with Gasteiger partial charge in [-0.25, -0.2) is 9.89 Å². The highest BCUT2D eigenvalue weighted by atomic mass is 16.2. The van der Waals surface area contributed by atoms with E-state index in [0.29, 0.717) is 6.54 Å². The number of carbonyl (C=O) groups excluding carboxylic acids is 1. The zero-order chi connectivity index (χ0) is 15.0.